The molecule has 0 N–H and O–H groups in total. The summed E-state index contributed by atoms with van der Waals surface area (Å²) in [6.45, 7) is 0.0842. The van der Waals surface area contributed by atoms with E-state index in [4.69, 9.17) is 0 Å². The molecule has 0 fully saturated rings. The average Bonchev–Trinajstić information content (AvgIpc) is 3.21. The van der Waals surface area contributed by atoms with Crippen LogP contribution in [0, 0.1) is 17.8 Å². The van der Waals surface area contributed by atoms with E-state index in [9.17, 15) is 22.8 Å². The first-order valence-electron chi connectivity index (χ1n) is 8.41. The molecule has 7 heteroatoms. The molecule has 0 saturated heterocycles. The monoisotopic (exact) mass is 391 g/mol. The summed E-state index contributed by atoms with van der Waals surface area (Å²) in [5, 5.41) is 3.58. The third-order valence-electron chi connectivity index (χ3n) is 4.23. The first-order valence-corrected chi connectivity index (χ1v) is 9.35. The Morgan fingerprint density at radius 1 is 1.07 bits per heavy atom. The summed E-state index contributed by atoms with van der Waals surface area (Å²) in [6.07, 6.45) is -4.90. The lowest BCUT2D eigenvalue weighted by atomic mass is 9.99. The van der Waals surface area contributed by atoms with Crippen molar-refractivity contribution in [2.45, 2.75) is 25.4 Å². The van der Waals surface area contributed by atoms with Gasteiger partial charge in [-0.25, -0.2) is 0 Å². The molecule has 2 heterocycles. The summed E-state index contributed by atoms with van der Waals surface area (Å²) in [4.78, 5) is 25.7. The lowest BCUT2D eigenvalue weighted by molar-refractivity contribution is -0.141. The van der Waals surface area contributed by atoms with Gasteiger partial charge in [-0.15, -0.1) is 0 Å². The quantitative estimate of drug-likeness (QED) is 0.545. The molecule has 3 nitrogen and oxygen atoms in total. The van der Waals surface area contributed by atoms with E-state index in [1.54, 1.807) is 35.7 Å². The summed E-state index contributed by atoms with van der Waals surface area (Å²) in [5.41, 5.74) is 1.37. The Kier molecular flexibility index (Phi) is 5.66. The summed E-state index contributed by atoms with van der Waals surface area (Å²) in [6, 6.07) is 8.25. The van der Waals surface area contributed by atoms with E-state index >= 15 is 0 Å². The molecule has 140 valence electrons. The molecule has 1 aliphatic rings. The molecule has 2 amide bonds. The number of nitrogens with zero attached hydrogens (tertiary/aromatic N) is 1. The highest BCUT2D eigenvalue weighted by molar-refractivity contribution is 7.08. The van der Waals surface area contributed by atoms with Gasteiger partial charge in [-0.1, -0.05) is 24.0 Å². The van der Waals surface area contributed by atoms with E-state index in [1.807, 2.05) is 5.38 Å². The molecular formula is C20H16F3NO2S. The van der Waals surface area contributed by atoms with Gasteiger partial charge >= 0.3 is 6.18 Å². The van der Waals surface area contributed by atoms with Crippen molar-refractivity contribution in [3.63, 3.8) is 0 Å². The first-order chi connectivity index (χ1) is 12.8. The summed E-state index contributed by atoms with van der Waals surface area (Å²) in [7, 11) is 0. The number of fused-ring (bicyclic) bond motifs is 1. The predicted molar refractivity (Wildman–Crippen MR) is 96.4 cm³/mol. The predicted octanol–water partition coefficient (Wildman–Crippen LogP) is 4.74. The minimum Gasteiger partial charge on any atom is -0.274 e. The van der Waals surface area contributed by atoms with Gasteiger partial charge in [0.1, 0.15) is 0 Å². The number of hydrogen-bond acceptors (Lipinski definition) is 3. The Bertz CT molecular complexity index is 859. The van der Waals surface area contributed by atoms with Crippen molar-refractivity contribution < 1.29 is 22.8 Å². The summed E-state index contributed by atoms with van der Waals surface area (Å²) < 4.78 is 38.5. The van der Waals surface area contributed by atoms with Crippen LogP contribution in [-0.2, 0) is 0 Å². The zero-order chi connectivity index (χ0) is 19.4. The second kappa shape index (κ2) is 7.97. The molecule has 3 rings (SSSR count). The van der Waals surface area contributed by atoms with Crippen LogP contribution >= 0.6 is 11.3 Å². The van der Waals surface area contributed by atoms with E-state index in [1.165, 1.54) is 11.3 Å². The molecule has 1 aromatic heterocycles. The van der Waals surface area contributed by atoms with Crippen molar-refractivity contribution in [3.05, 3.63) is 57.8 Å². The van der Waals surface area contributed by atoms with Crippen LogP contribution in [0.1, 0.15) is 45.5 Å². The number of amides is 2. The number of thiophene rings is 1. The van der Waals surface area contributed by atoms with E-state index < -0.39 is 30.3 Å². The van der Waals surface area contributed by atoms with Crippen molar-refractivity contribution in [1.29, 1.82) is 0 Å². The summed E-state index contributed by atoms with van der Waals surface area (Å²) in [5.74, 6) is 3.80. The zero-order valence-electron chi connectivity index (χ0n) is 14.3. The molecule has 1 unspecified atom stereocenters. The minimum absolute atomic E-state index is 0.0842. The maximum absolute atomic E-state index is 12.8. The lowest BCUT2D eigenvalue weighted by Crippen LogP contribution is -2.31. The molecule has 1 aromatic carbocycles. The zero-order valence-corrected chi connectivity index (χ0v) is 15.1. The molecule has 0 spiro atoms. The third-order valence-corrected chi connectivity index (χ3v) is 4.92. The molecule has 2 aromatic rings. The van der Waals surface area contributed by atoms with Gasteiger partial charge in [0.05, 0.1) is 17.5 Å². The van der Waals surface area contributed by atoms with Crippen LogP contribution in [-0.4, -0.2) is 29.4 Å². The van der Waals surface area contributed by atoms with Crippen LogP contribution in [0.15, 0.2) is 41.1 Å². The molecule has 27 heavy (non-hydrogen) atoms. The van der Waals surface area contributed by atoms with E-state index in [-0.39, 0.29) is 19.4 Å². The van der Waals surface area contributed by atoms with E-state index in [2.05, 4.69) is 11.8 Å². The van der Waals surface area contributed by atoms with Crippen LogP contribution < -0.4 is 0 Å². The van der Waals surface area contributed by atoms with Crippen molar-refractivity contribution in [2.75, 3.05) is 6.54 Å². The Morgan fingerprint density at radius 3 is 2.30 bits per heavy atom. The first kappa shape index (κ1) is 19.2. The number of carbonyl (C=O) groups is 2. The normalized spacial score (nSPS) is 14.7. The molecule has 0 radical (unpaired) electrons. The number of halogens is 3. The summed E-state index contributed by atoms with van der Waals surface area (Å²) >= 11 is 1.43. The van der Waals surface area contributed by atoms with Crippen molar-refractivity contribution in [1.82, 2.24) is 4.90 Å². The van der Waals surface area contributed by atoms with E-state index in [0.29, 0.717) is 16.7 Å². The fourth-order valence-electron chi connectivity index (χ4n) is 2.96. The molecular weight excluding hydrogens is 375 g/mol. The maximum Gasteiger partial charge on any atom is 0.390 e. The minimum atomic E-state index is -4.32. The number of benzene rings is 1. The van der Waals surface area contributed by atoms with Crippen molar-refractivity contribution in [2.24, 2.45) is 5.92 Å². The lowest BCUT2D eigenvalue weighted by Gasteiger charge is -2.16. The Balaban J connectivity index is 1.62. The SMILES string of the molecule is O=C1c2ccccc2C(=O)N1CCCC(C#Cc1ccsc1)CC(F)(F)F. The second-order valence-corrected chi connectivity index (χ2v) is 7.03. The van der Waals surface area contributed by atoms with Gasteiger partial charge in [0.2, 0.25) is 0 Å². The molecule has 1 aliphatic heterocycles. The van der Waals surface area contributed by atoms with Crippen LogP contribution in [0.4, 0.5) is 13.2 Å². The van der Waals surface area contributed by atoms with Gasteiger partial charge in [0.15, 0.2) is 0 Å². The largest absolute Gasteiger partial charge is 0.390 e. The van der Waals surface area contributed by atoms with E-state index in [0.717, 1.165) is 4.90 Å². The van der Waals surface area contributed by atoms with Gasteiger partial charge in [-0.2, -0.15) is 24.5 Å². The molecule has 0 saturated carbocycles. The number of alkyl halides is 3. The van der Waals surface area contributed by atoms with Crippen molar-refractivity contribution >= 4 is 23.2 Å². The third kappa shape index (κ3) is 4.77. The van der Waals surface area contributed by atoms with Gasteiger partial charge in [-0.3, -0.25) is 14.5 Å². The Labute approximate surface area is 158 Å². The fourth-order valence-corrected chi connectivity index (χ4v) is 3.55. The highest BCUT2D eigenvalue weighted by Gasteiger charge is 2.35. The Hall–Kier alpha value is -2.59. The highest BCUT2D eigenvalue weighted by Crippen LogP contribution is 2.28. The van der Waals surface area contributed by atoms with Crippen LogP contribution in [0.5, 0.6) is 0 Å². The van der Waals surface area contributed by atoms with Crippen LogP contribution in [0.2, 0.25) is 0 Å². The average molecular weight is 391 g/mol. The molecule has 1 atom stereocenters. The topological polar surface area (TPSA) is 37.4 Å². The fraction of sp³-hybridized carbons (Fsp3) is 0.300. The smallest absolute Gasteiger partial charge is 0.274 e. The van der Waals surface area contributed by atoms with Crippen molar-refractivity contribution in [3.8, 4) is 11.8 Å². The molecule has 0 bridgehead atoms. The van der Waals surface area contributed by atoms with Gasteiger partial charge in [0.25, 0.3) is 11.8 Å². The molecule has 0 aliphatic carbocycles. The number of imide groups is 1. The van der Waals surface area contributed by atoms with Gasteiger partial charge in [-0.05, 0) is 36.4 Å². The van der Waals surface area contributed by atoms with Crippen LogP contribution in [0.3, 0.4) is 0 Å². The number of rotatable bonds is 5. The van der Waals surface area contributed by atoms with Gasteiger partial charge in [0, 0.05) is 23.4 Å². The standard InChI is InChI=1S/C20H16F3NO2S/c21-20(22,23)12-14(7-8-15-9-11-27-13-15)4-3-10-24-18(25)16-5-1-2-6-17(16)19(24)26/h1-2,5-6,9,11,13-14H,3-4,10,12H2. The second-order valence-electron chi connectivity index (χ2n) is 6.25. The van der Waals surface area contributed by atoms with Gasteiger partial charge < -0.3 is 0 Å². The maximum atomic E-state index is 12.8. The number of carbonyl (C=O) groups excluding carboxylic acids is 2. The van der Waals surface area contributed by atoms with Crippen LogP contribution in [0.25, 0.3) is 0 Å². The highest BCUT2D eigenvalue weighted by atomic mass is 32.1. The Morgan fingerprint density at radius 2 is 1.74 bits per heavy atom. The number of hydrogen-bond donors (Lipinski definition) is 0.